The van der Waals surface area contributed by atoms with Crippen molar-refractivity contribution in [1.29, 1.82) is 0 Å². The van der Waals surface area contributed by atoms with Gasteiger partial charge in [-0.05, 0) is 19.8 Å². The molecule has 74 valence electrons. The van der Waals surface area contributed by atoms with Crippen LogP contribution in [0.25, 0.3) is 0 Å². The molecule has 1 N–H and O–H groups in total. The van der Waals surface area contributed by atoms with Crippen molar-refractivity contribution in [3.8, 4) is 12.3 Å². The minimum absolute atomic E-state index is 0.439. The van der Waals surface area contributed by atoms with Crippen molar-refractivity contribution in [3.63, 3.8) is 0 Å². The van der Waals surface area contributed by atoms with Gasteiger partial charge in [0.15, 0.2) is 0 Å². The second-order valence-corrected chi connectivity index (χ2v) is 4.82. The molecule has 1 rings (SSSR count). The molecular formula is C8H14N2O2S. The van der Waals surface area contributed by atoms with E-state index in [9.17, 15) is 8.42 Å². The van der Waals surface area contributed by atoms with Crippen molar-refractivity contribution in [3.05, 3.63) is 0 Å². The maximum absolute atomic E-state index is 11.5. The van der Waals surface area contributed by atoms with E-state index in [-0.39, 0.29) is 0 Å². The quantitative estimate of drug-likeness (QED) is 0.652. The van der Waals surface area contributed by atoms with Gasteiger partial charge in [0.1, 0.15) is 0 Å². The van der Waals surface area contributed by atoms with E-state index in [0.717, 1.165) is 12.8 Å². The molecule has 0 spiro atoms. The Hall–Kier alpha value is -0.570. The number of nitrogens with one attached hydrogen (secondary N) is 1. The van der Waals surface area contributed by atoms with Crippen LogP contribution in [0.15, 0.2) is 0 Å². The molecule has 0 saturated carbocycles. The zero-order valence-corrected chi connectivity index (χ0v) is 8.47. The van der Waals surface area contributed by atoms with E-state index in [0.29, 0.717) is 13.1 Å². The minimum atomic E-state index is -3.33. The third-order valence-electron chi connectivity index (χ3n) is 1.98. The predicted octanol–water partition coefficient (Wildman–Crippen LogP) is -0.0617. The van der Waals surface area contributed by atoms with E-state index in [1.54, 1.807) is 6.92 Å². The summed E-state index contributed by atoms with van der Waals surface area (Å²) < 4.78 is 26.9. The molecule has 13 heavy (non-hydrogen) atoms. The lowest BCUT2D eigenvalue weighted by molar-refractivity contribution is 0.462. The molecule has 1 unspecified atom stereocenters. The molecule has 1 atom stereocenters. The summed E-state index contributed by atoms with van der Waals surface area (Å²) in [6, 6.07) is -0.439. The summed E-state index contributed by atoms with van der Waals surface area (Å²) in [4.78, 5) is 0. The smallest absolute Gasteiger partial charge is 0.195 e. The first kappa shape index (κ1) is 10.5. The predicted molar refractivity (Wildman–Crippen MR) is 51.2 cm³/mol. The Morgan fingerprint density at radius 3 is 2.46 bits per heavy atom. The number of nitrogens with zero attached hydrogens (tertiary/aromatic N) is 1. The molecule has 0 aromatic rings. The summed E-state index contributed by atoms with van der Waals surface area (Å²) in [7, 11) is -3.33. The van der Waals surface area contributed by atoms with E-state index in [1.165, 1.54) is 4.31 Å². The molecule has 1 aliphatic rings. The van der Waals surface area contributed by atoms with Crippen LogP contribution in [0, 0.1) is 12.3 Å². The summed E-state index contributed by atoms with van der Waals surface area (Å²) in [5.41, 5.74) is 0. The summed E-state index contributed by atoms with van der Waals surface area (Å²) in [5.74, 6) is 2.33. The molecule has 0 amide bonds. The van der Waals surface area contributed by atoms with Crippen LogP contribution < -0.4 is 4.72 Å². The standard InChI is InChI=1S/C8H14N2O2S/c1-3-8(2)9-13(11,12)10-6-4-5-7-10/h1,8-9H,4-7H2,2H3. The fraction of sp³-hybridized carbons (Fsp3) is 0.750. The number of rotatable bonds is 3. The molecule has 4 nitrogen and oxygen atoms in total. The van der Waals surface area contributed by atoms with Crippen molar-refractivity contribution in [2.45, 2.75) is 25.8 Å². The second-order valence-electron chi connectivity index (χ2n) is 3.12. The van der Waals surface area contributed by atoms with Gasteiger partial charge in [-0.2, -0.15) is 17.4 Å². The lowest BCUT2D eigenvalue weighted by atomic mass is 10.4. The summed E-state index contributed by atoms with van der Waals surface area (Å²) in [6.07, 6.45) is 6.95. The molecule has 0 bridgehead atoms. The van der Waals surface area contributed by atoms with Crippen LogP contribution in [0.3, 0.4) is 0 Å². The highest BCUT2D eigenvalue weighted by Crippen LogP contribution is 2.11. The van der Waals surface area contributed by atoms with Gasteiger partial charge in [0.05, 0.1) is 6.04 Å². The van der Waals surface area contributed by atoms with Gasteiger partial charge in [-0.1, -0.05) is 5.92 Å². The Morgan fingerprint density at radius 2 is 2.00 bits per heavy atom. The van der Waals surface area contributed by atoms with E-state index in [4.69, 9.17) is 6.42 Å². The Balaban J connectivity index is 2.61. The van der Waals surface area contributed by atoms with E-state index in [1.807, 2.05) is 0 Å². The maximum atomic E-state index is 11.5. The number of hydrogen-bond donors (Lipinski definition) is 1. The van der Waals surface area contributed by atoms with Crippen LogP contribution in [-0.2, 0) is 10.2 Å². The van der Waals surface area contributed by atoms with Gasteiger partial charge in [-0.15, -0.1) is 6.42 Å². The van der Waals surface area contributed by atoms with E-state index < -0.39 is 16.3 Å². The van der Waals surface area contributed by atoms with Crippen molar-refractivity contribution >= 4 is 10.2 Å². The van der Waals surface area contributed by atoms with Crippen molar-refractivity contribution in [1.82, 2.24) is 9.03 Å². The zero-order chi connectivity index (χ0) is 9.90. The van der Waals surface area contributed by atoms with Gasteiger partial charge < -0.3 is 0 Å². The Labute approximate surface area is 79.5 Å². The number of terminal acetylenes is 1. The highest BCUT2D eigenvalue weighted by atomic mass is 32.2. The normalized spacial score (nSPS) is 21.2. The van der Waals surface area contributed by atoms with Gasteiger partial charge in [0.25, 0.3) is 10.2 Å². The third-order valence-corrected chi connectivity index (χ3v) is 3.68. The SMILES string of the molecule is C#CC(C)NS(=O)(=O)N1CCCC1. The Bertz CT molecular complexity index is 299. The van der Waals surface area contributed by atoms with Gasteiger partial charge in [0, 0.05) is 13.1 Å². The first-order valence-electron chi connectivity index (χ1n) is 4.30. The Kier molecular flexibility index (Phi) is 3.31. The average molecular weight is 202 g/mol. The lowest BCUT2D eigenvalue weighted by Crippen LogP contribution is -2.42. The van der Waals surface area contributed by atoms with Crippen molar-refractivity contribution in [2.24, 2.45) is 0 Å². The zero-order valence-electron chi connectivity index (χ0n) is 7.66. The fourth-order valence-electron chi connectivity index (χ4n) is 1.26. The number of hydrogen-bond acceptors (Lipinski definition) is 2. The minimum Gasteiger partial charge on any atom is -0.195 e. The molecule has 1 aliphatic heterocycles. The van der Waals surface area contributed by atoms with Crippen LogP contribution in [0.4, 0.5) is 0 Å². The van der Waals surface area contributed by atoms with Gasteiger partial charge >= 0.3 is 0 Å². The van der Waals surface area contributed by atoms with Crippen LogP contribution >= 0.6 is 0 Å². The highest BCUT2D eigenvalue weighted by Gasteiger charge is 2.25. The molecular weight excluding hydrogens is 188 g/mol. The molecule has 5 heteroatoms. The first-order chi connectivity index (χ1) is 6.06. The molecule has 1 saturated heterocycles. The van der Waals surface area contributed by atoms with Gasteiger partial charge in [-0.3, -0.25) is 0 Å². The van der Waals surface area contributed by atoms with E-state index >= 15 is 0 Å². The van der Waals surface area contributed by atoms with Crippen LogP contribution in [-0.4, -0.2) is 31.9 Å². The van der Waals surface area contributed by atoms with Crippen LogP contribution in [0.2, 0.25) is 0 Å². The lowest BCUT2D eigenvalue weighted by Gasteiger charge is -2.17. The topological polar surface area (TPSA) is 49.4 Å². The second kappa shape index (κ2) is 4.09. The molecule has 0 aromatic carbocycles. The molecule has 1 heterocycles. The average Bonchev–Trinajstić information content (AvgIpc) is 2.55. The molecule has 0 aliphatic carbocycles. The summed E-state index contributed by atoms with van der Waals surface area (Å²) >= 11 is 0. The fourth-order valence-corrected chi connectivity index (χ4v) is 2.66. The van der Waals surface area contributed by atoms with E-state index in [2.05, 4.69) is 10.6 Å². The van der Waals surface area contributed by atoms with Crippen molar-refractivity contribution in [2.75, 3.05) is 13.1 Å². The van der Waals surface area contributed by atoms with Gasteiger partial charge in [-0.25, -0.2) is 0 Å². The summed E-state index contributed by atoms with van der Waals surface area (Å²) in [5, 5.41) is 0. The monoisotopic (exact) mass is 202 g/mol. The molecule has 1 fully saturated rings. The highest BCUT2D eigenvalue weighted by molar-refractivity contribution is 7.87. The largest absolute Gasteiger partial charge is 0.280 e. The molecule has 0 aromatic heterocycles. The van der Waals surface area contributed by atoms with Crippen LogP contribution in [0.5, 0.6) is 0 Å². The van der Waals surface area contributed by atoms with Crippen molar-refractivity contribution < 1.29 is 8.42 Å². The summed E-state index contributed by atoms with van der Waals surface area (Å²) in [6.45, 7) is 2.85. The van der Waals surface area contributed by atoms with Crippen LogP contribution in [0.1, 0.15) is 19.8 Å². The third kappa shape index (κ3) is 2.69. The Morgan fingerprint density at radius 1 is 1.46 bits per heavy atom. The first-order valence-corrected chi connectivity index (χ1v) is 5.74. The molecule has 0 radical (unpaired) electrons. The maximum Gasteiger partial charge on any atom is 0.280 e. The van der Waals surface area contributed by atoms with Gasteiger partial charge in [0.2, 0.25) is 0 Å².